The summed E-state index contributed by atoms with van der Waals surface area (Å²) < 4.78 is 36.8. The molecule has 2 aromatic carbocycles. The third kappa shape index (κ3) is 4.35. The van der Waals surface area contributed by atoms with Gasteiger partial charge in [-0.1, -0.05) is 23.5 Å². The second-order valence-corrected chi connectivity index (χ2v) is 9.37. The molecule has 0 aliphatic heterocycles. The number of hydrogen-bond donors (Lipinski definition) is 0. The first-order valence-corrected chi connectivity index (χ1v) is 11.6. The molecule has 0 aliphatic rings. The van der Waals surface area contributed by atoms with Crippen molar-refractivity contribution in [3.8, 4) is 11.5 Å². The van der Waals surface area contributed by atoms with Gasteiger partial charge >= 0.3 is 0 Å². The first-order chi connectivity index (χ1) is 13.8. The Morgan fingerprint density at radius 3 is 2.24 bits per heavy atom. The molecule has 3 rings (SSSR count). The summed E-state index contributed by atoms with van der Waals surface area (Å²) >= 11 is 1.37. The van der Waals surface area contributed by atoms with Crippen LogP contribution in [0.15, 0.2) is 46.3 Å². The number of rotatable bonds is 6. The molecule has 7 nitrogen and oxygen atoms in total. The molecular formula is C20H22N2O5S2. The van der Waals surface area contributed by atoms with Crippen LogP contribution in [0.3, 0.4) is 0 Å². The Balaban J connectivity index is 2.00. The second-order valence-electron chi connectivity index (χ2n) is 6.38. The van der Waals surface area contributed by atoms with Crippen LogP contribution in [0.25, 0.3) is 10.2 Å². The van der Waals surface area contributed by atoms with Gasteiger partial charge in [-0.15, -0.1) is 0 Å². The predicted molar refractivity (Wildman–Crippen MR) is 112 cm³/mol. The van der Waals surface area contributed by atoms with Gasteiger partial charge in [0.05, 0.1) is 25.5 Å². The molecule has 0 spiro atoms. The minimum atomic E-state index is -3.27. The summed E-state index contributed by atoms with van der Waals surface area (Å²) in [4.78, 5) is 17.6. The highest BCUT2D eigenvalue weighted by Gasteiger charge is 2.16. The number of nitrogens with zero attached hydrogens (tertiary/aromatic N) is 2. The number of fused-ring (bicyclic) bond motifs is 1. The molecule has 0 aliphatic carbocycles. The lowest BCUT2D eigenvalue weighted by atomic mass is 10.1. The SMILES string of the molecule is CCn1c(=NC(=O)Cc2ccc(S(C)(=O)=O)cc2)sc2c(OC)ccc(OC)c21. The first-order valence-electron chi connectivity index (χ1n) is 8.89. The topological polar surface area (TPSA) is 87.0 Å². The van der Waals surface area contributed by atoms with Crippen LogP contribution in [0.5, 0.6) is 11.5 Å². The summed E-state index contributed by atoms with van der Waals surface area (Å²) in [6, 6.07) is 9.92. The monoisotopic (exact) mass is 434 g/mol. The predicted octanol–water partition coefficient (Wildman–Crippen LogP) is 2.81. The smallest absolute Gasteiger partial charge is 0.252 e. The number of sulfone groups is 1. The van der Waals surface area contributed by atoms with E-state index in [2.05, 4.69) is 4.99 Å². The summed E-state index contributed by atoms with van der Waals surface area (Å²) in [6.45, 7) is 2.58. The van der Waals surface area contributed by atoms with Crippen molar-refractivity contribution in [3.63, 3.8) is 0 Å². The Morgan fingerprint density at radius 2 is 1.69 bits per heavy atom. The number of amides is 1. The van der Waals surface area contributed by atoms with Gasteiger partial charge in [-0.05, 0) is 36.8 Å². The lowest BCUT2D eigenvalue weighted by Crippen LogP contribution is -2.16. The fourth-order valence-corrected chi connectivity index (χ4v) is 4.86. The van der Waals surface area contributed by atoms with Gasteiger partial charge in [0.25, 0.3) is 5.91 Å². The van der Waals surface area contributed by atoms with Crippen LogP contribution in [0.2, 0.25) is 0 Å². The number of aryl methyl sites for hydroxylation is 1. The van der Waals surface area contributed by atoms with Crippen LogP contribution in [-0.4, -0.2) is 39.4 Å². The average Bonchev–Trinajstić information content (AvgIpc) is 3.04. The number of benzene rings is 2. The van der Waals surface area contributed by atoms with E-state index in [1.165, 1.54) is 23.5 Å². The van der Waals surface area contributed by atoms with Crippen molar-refractivity contribution >= 4 is 37.3 Å². The number of hydrogen-bond acceptors (Lipinski definition) is 6. The fraction of sp³-hybridized carbons (Fsp3) is 0.300. The number of carbonyl (C=O) groups excluding carboxylic acids is 1. The van der Waals surface area contributed by atoms with Crippen LogP contribution in [0, 0.1) is 0 Å². The molecule has 0 unspecified atom stereocenters. The molecule has 0 bridgehead atoms. The van der Waals surface area contributed by atoms with E-state index in [4.69, 9.17) is 9.47 Å². The van der Waals surface area contributed by atoms with Crippen LogP contribution in [-0.2, 0) is 27.6 Å². The van der Waals surface area contributed by atoms with Crippen molar-refractivity contribution in [2.24, 2.45) is 4.99 Å². The standard InChI is InChI=1S/C20H22N2O5S2/c1-5-22-18-15(26-2)10-11-16(27-3)19(18)28-20(22)21-17(23)12-13-6-8-14(9-7-13)29(4,24)25/h6-11H,5,12H2,1-4H3. The molecule has 154 valence electrons. The highest BCUT2D eigenvalue weighted by atomic mass is 32.2. The van der Waals surface area contributed by atoms with E-state index in [0.717, 1.165) is 16.5 Å². The van der Waals surface area contributed by atoms with Gasteiger partial charge in [0.2, 0.25) is 0 Å². The fourth-order valence-electron chi connectivity index (χ4n) is 3.01. The highest BCUT2D eigenvalue weighted by Crippen LogP contribution is 2.35. The molecular weight excluding hydrogens is 412 g/mol. The molecule has 0 N–H and O–H groups in total. The third-order valence-corrected chi connectivity index (χ3v) is 6.66. The van der Waals surface area contributed by atoms with E-state index >= 15 is 0 Å². The normalized spacial score (nSPS) is 12.3. The zero-order chi connectivity index (χ0) is 21.2. The van der Waals surface area contributed by atoms with Gasteiger partial charge in [0.1, 0.15) is 21.7 Å². The van der Waals surface area contributed by atoms with E-state index in [-0.39, 0.29) is 17.2 Å². The van der Waals surface area contributed by atoms with Gasteiger partial charge in [-0.3, -0.25) is 4.79 Å². The average molecular weight is 435 g/mol. The highest BCUT2D eigenvalue weighted by molar-refractivity contribution is 7.90. The molecule has 3 aromatic rings. The minimum Gasteiger partial charge on any atom is -0.495 e. The number of aromatic nitrogens is 1. The lowest BCUT2D eigenvalue weighted by molar-refractivity contribution is -0.117. The zero-order valence-electron chi connectivity index (χ0n) is 16.6. The minimum absolute atomic E-state index is 0.0796. The van der Waals surface area contributed by atoms with Crippen LogP contribution < -0.4 is 14.3 Å². The number of thiazole rings is 1. The maximum atomic E-state index is 12.6. The van der Waals surface area contributed by atoms with Crippen LogP contribution in [0.4, 0.5) is 0 Å². The summed E-state index contributed by atoms with van der Waals surface area (Å²) in [6.07, 6.45) is 1.23. The van der Waals surface area contributed by atoms with Gasteiger partial charge in [0, 0.05) is 12.8 Å². The quantitative estimate of drug-likeness (QED) is 0.595. The van der Waals surface area contributed by atoms with Gasteiger partial charge in [-0.2, -0.15) is 4.99 Å². The Kier molecular flexibility index (Phi) is 6.09. The Hall–Kier alpha value is -2.65. The number of carbonyl (C=O) groups is 1. The molecule has 9 heteroatoms. The maximum absolute atomic E-state index is 12.6. The molecule has 0 saturated heterocycles. The molecule has 29 heavy (non-hydrogen) atoms. The van der Waals surface area contributed by atoms with E-state index < -0.39 is 9.84 Å². The molecule has 1 amide bonds. The summed E-state index contributed by atoms with van der Waals surface area (Å²) in [5.41, 5.74) is 1.54. The van der Waals surface area contributed by atoms with Crippen molar-refractivity contribution in [2.45, 2.75) is 24.8 Å². The largest absolute Gasteiger partial charge is 0.495 e. The van der Waals surface area contributed by atoms with Gasteiger partial charge in [0.15, 0.2) is 14.6 Å². The molecule has 0 saturated carbocycles. The van der Waals surface area contributed by atoms with E-state index in [9.17, 15) is 13.2 Å². The third-order valence-electron chi connectivity index (χ3n) is 4.44. The van der Waals surface area contributed by atoms with Crippen molar-refractivity contribution in [3.05, 3.63) is 46.8 Å². The number of methoxy groups -OCH3 is 2. The zero-order valence-corrected chi connectivity index (χ0v) is 18.3. The van der Waals surface area contributed by atoms with Gasteiger partial charge < -0.3 is 14.0 Å². The van der Waals surface area contributed by atoms with Crippen LogP contribution in [0.1, 0.15) is 12.5 Å². The summed E-state index contributed by atoms with van der Waals surface area (Å²) in [5, 5.41) is 0. The molecule has 0 fully saturated rings. The summed E-state index contributed by atoms with van der Waals surface area (Å²) in [7, 11) is -0.0726. The van der Waals surface area contributed by atoms with Crippen LogP contribution >= 0.6 is 11.3 Å². The first kappa shape index (κ1) is 21.1. The Bertz CT molecular complexity index is 1220. The van der Waals surface area contributed by atoms with Crippen molar-refractivity contribution in [2.75, 3.05) is 20.5 Å². The van der Waals surface area contributed by atoms with Crippen molar-refractivity contribution in [1.82, 2.24) is 4.57 Å². The van der Waals surface area contributed by atoms with Crippen molar-refractivity contribution < 1.29 is 22.7 Å². The van der Waals surface area contributed by atoms with E-state index in [1.807, 2.05) is 23.6 Å². The Labute approximate surface area is 173 Å². The van der Waals surface area contributed by atoms with Crippen molar-refractivity contribution in [1.29, 1.82) is 0 Å². The van der Waals surface area contributed by atoms with E-state index in [1.54, 1.807) is 26.4 Å². The number of ether oxygens (including phenoxy) is 2. The molecule has 1 heterocycles. The Morgan fingerprint density at radius 1 is 1.07 bits per heavy atom. The maximum Gasteiger partial charge on any atom is 0.252 e. The molecule has 0 radical (unpaired) electrons. The van der Waals surface area contributed by atoms with Gasteiger partial charge in [-0.25, -0.2) is 8.42 Å². The lowest BCUT2D eigenvalue weighted by Gasteiger charge is -2.08. The molecule has 0 atom stereocenters. The second kappa shape index (κ2) is 8.38. The molecule has 1 aromatic heterocycles. The summed E-state index contributed by atoms with van der Waals surface area (Å²) in [5.74, 6) is 1.06. The van der Waals surface area contributed by atoms with E-state index in [0.29, 0.717) is 28.4 Å².